The molecule has 1 unspecified atom stereocenters. The van der Waals surface area contributed by atoms with E-state index in [2.05, 4.69) is 42.0 Å². The van der Waals surface area contributed by atoms with Crippen LogP contribution in [0.15, 0.2) is 52.8 Å². The first-order chi connectivity index (χ1) is 13.9. The third-order valence-corrected chi connectivity index (χ3v) is 5.48. The molecule has 9 nitrogen and oxygen atoms in total. The summed E-state index contributed by atoms with van der Waals surface area (Å²) in [7, 11) is 0. The number of benzene rings is 1. The predicted octanol–water partition coefficient (Wildman–Crippen LogP) is 2.67. The Kier molecular flexibility index (Phi) is 6.73. The van der Waals surface area contributed by atoms with Crippen LogP contribution < -0.4 is 16.0 Å². The van der Waals surface area contributed by atoms with Crippen LogP contribution in [0, 0.1) is 0 Å². The fourth-order valence-corrected chi connectivity index (χ4v) is 3.61. The summed E-state index contributed by atoms with van der Waals surface area (Å²) in [5.41, 5.74) is 1.13. The summed E-state index contributed by atoms with van der Waals surface area (Å²) in [5, 5.41) is 12.0. The number of carbonyl (C=O) groups is 3. The Balaban J connectivity index is 1.47. The lowest BCUT2D eigenvalue weighted by molar-refractivity contribution is -0.119. The van der Waals surface area contributed by atoms with Crippen molar-refractivity contribution in [1.82, 2.24) is 20.1 Å². The summed E-state index contributed by atoms with van der Waals surface area (Å²) in [5.74, 6) is -0.906. The molecule has 0 radical (unpaired) electrons. The number of amides is 3. The zero-order valence-corrected chi connectivity index (χ0v) is 17.7. The number of halogens is 1. The largest absolute Gasteiger partial charge is 0.342 e. The topological polar surface area (TPSA) is 118 Å². The van der Waals surface area contributed by atoms with E-state index in [4.69, 9.17) is 0 Å². The molecule has 150 valence electrons. The molecule has 0 aliphatic carbocycles. The van der Waals surface area contributed by atoms with E-state index in [0.29, 0.717) is 16.3 Å². The predicted molar refractivity (Wildman–Crippen MR) is 113 cm³/mol. The van der Waals surface area contributed by atoms with E-state index in [1.807, 2.05) is 0 Å². The molecule has 1 aromatic carbocycles. The standard InChI is InChI=1S/C18H17BrN6O3S/c1-11(25-10-20-9-22-25)17(27)24-13-4-2-12(3-5-13)23-16(26)8-21-18(28)14-6-7-15(19)29-14/h2-7,9-11H,8H2,1H3,(H,21,28)(H,23,26)(H,24,27). The van der Waals surface area contributed by atoms with Crippen LogP contribution in [0.3, 0.4) is 0 Å². The Morgan fingerprint density at radius 3 is 2.38 bits per heavy atom. The number of carbonyl (C=O) groups excluding carboxylic acids is 3. The highest BCUT2D eigenvalue weighted by Gasteiger charge is 2.15. The Morgan fingerprint density at radius 2 is 1.79 bits per heavy atom. The van der Waals surface area contributed by atoms with Gasteiger partial charge in [0, 0.05) is 11.4 Å². The quantitative estimate of drug-likeness (QED) is 0.484. The molecule has 1 atom stereocenters. The lowest BCUT2D eigenvalue weighted by Gasteiger charge is -2.12. The van der Waals surface area contributed by atoms with Crippen molar-refractivity contribution in [2.24, 2.45) is 0 Å². The fourth-order valence-electron chi connectivity index (χ4n) is 2.31. The van der Waals surface area contributed by atoms with Crippen molar-refractivity contribution in [3.63, 3.8) is 0 Å². The van der Waals surface area contributed by atoms with Crippen LogP contribution in [0.2, 0.25) is 0 Å². The number of nitrogens with zero attached hydrogens (tertiary/aromatic N) is 3. The summed E-state index contributed by atoms with van der Waals surface area (Å²) in [4.78, 5) is 40.5. The number of nitrogens with one attached hydrogen (secondary N) is 3. The normalized spacial score (nSPS) is 11.5. The second kappa shape index (κ2) is 9.43. The summed E-state index contributed by atoms with van der Waals surface area (Å²) in [6, 6.07) is 9.60. The molecule has 2 heterocycles. The van der Waals surface area contributed by atoms with E-state index in [0.717, 1.165) is 3.79 Å². The van der Waals surface area contributed by atoms with Crippen molar-refractivity contribution in [2.75, 3.05) is 17.2 Å². The molecule has 2 aromatic heterocycles. The summed E-state index contributed by atoms with van der Waals surface area (Å²) in [6.07, 6.45) is 2.84. The van der Waals surface area contributed by atoms with Crippen LogP contribution in [-0.2, 0) is 9.59 Å². The van der Waals surface area contributed by atoms with Gasteiger partial charge >= 0.3 is 0 Å². The zero-order chi connectivity index (χ0) is 20.8. The lowest BCUT2D eigenvalue weighted by atomic mass is 10.2. The van der Waals surface area contributed by atoms with E-state index in [1.165, 1.54) is 28.7 Å². The minimum absolute atomic E-state index is 0.151. The minimum atomic E-state index is -0.510. The molecule has 0 aliphatic rings. The highest BCUT2D eigenvalue weighted by Crippen LogP contribution is 2.21. The van der Waals surface area contributed by atoms with Crippen molar-refractivity contribution in [3.8, 4) is 0 Å². The number of rotatable bonds is 7. The molecule has 3 rings (SSSR count). The number of thiophene rings is 1. The van der Waals surface area contributed by atoms with Gasteiger partial charge in [0.1, 0.15) is 18.7 Å². The second-order valence-corrected chi connectivity index (χ2v) is 8.42. The van der Waals surface area contributed by atoms with Crippen LogP contribution in [0.25, 0.3) is 0 Å². The average Bonchev–Trinajstić information content (AvgIpc) is 3.39. The zero-order valence-electron chi connectivity index (χ0n) is 15.3. The van der Waals surface area contributed by atoms with Gasteiger partial charge in [0.15, 0.2) is 0 Å². The van der Waals surface area contributed by atoms with Gasteiger partial charge in [-0.3, -0.25) is 14.4 Å². The third kappa shape index (κ3) is 5.72. The molecule has 0 saturated heterocycles. The molecule has 3 N–H and O–H groups in total. The maximum absolute atomic E-state index is 12.2. The van der Waals surface area contributed by atoms with Gasteiger partial charge in [-0.1, -0.05) is 0 Å². The Bertz CT molecular complexity index is 1000. The molecule has 11 heteroatoms. The molecule has 0 bridgehead atoms. The first-order valence-corrected chi connectivity index (χ1v) is 10.1. The fraction of sp³-hybridized carbons (Fsp3) is 0.167. The van der Waals surface area contributed by atoms with Crippen molar-refractivity contribution < 1.29 is 14.4 Å². The SMILES string of the molecule is CC(C(=O)Nc1ccc(NC(=O)CNC(=O)c2ccc(Br)s2)cc1)n1cncn1. The molecule has 29 heavy (non-hydrogen) atoms. The summed E-state index contributed by atoms with van der Waals surface area (Å²) >= 11 is 4.58. The van der Waals surface area contributed by atoms with E-state index in [-0.39, 0.29) is 24.3 Å². The van der Waals surface area contributed by atoms with Gasteiger partial charge in [-0.15, -0.1) is 11.3 Å². The molecule has 3 amide bonds. The van der Waals surface area contributed by atoms with Crippen LogP contribution in [-0.4, -0.2) is 39.0 Å². The Hall–Kier alpha value is -3.05. The van der Waals surface area contributed by atoms with Gasteiger partial charge in [0.25, 0.3) is 5.91 Å². The first kappa shape index (κ1) is 20.7. The van der Waals surface area contributed by atoms with Gasteiger partial charge in [0.2, 0.25) is 11.8 Å². The molecule has 0 fully saturated rings. The van der Waals surface area contributed by atoms with Gasteiger partial charge < -0.3 is 16.0 Å². The highest BCUT2D eigenvalue weighted by molar-refractivity contribution is 9.11. The third-order valence-electron chi connectivity index (χ3n) is 3.86. The van der Waals surface area contributed by atoms with Crippen LogP contribution in [0.5, 0.6) is 0 Å². The van der Waals surface area contributed by atoms with E-state index in [9.17, 15) is 14.4 Å². The summed E-state index contributed by atoms with van der Waals surface area (Å²) in [6.45, 7) is 1.56. The monoisotopic (exact) mass is 476 g/mol. The first-order valence-electron chi connectivity index (χ1n) is 8.51. The van der Waals surface area contributed by atoms with Gasteiger partial charge in [-0.05, 0) is 59.3 Å². The molecule has 0 aliphatic heterocycles. The van der Waals surface area contributed by atoms with E-state index < -0.39 is 6.04 Å². The molecule has 0 spiro atoms. The molecular formula is C18H17BrN6O3S. The number of hydrogen-bond acceptors (Lipinski definition) is 6. The molecular weight excluding hydrogens is 460 g/mol. The Morgan fingerprint density at radius 1 is 1.10 bits per heavy atom. The number of hydrogen-bond donors (Lipinski definition) is 3. The highest BCUT2D eigenvalue weighted by atomic mass is 79.9. The number of aromatic nitrogens is 3. The summed E-state index contributed by atoms with van der Waals surface area (Å²) < 4.78 is 2.29. The van der Waals surface area contributed by atoms with Gasteiger partial charge in [-0.2, -0.15) is 5.10 Å². The minimum Gasteiger partial charge on any atom is -0.342 e. The van der Waals surface area contributed by atoms with E-state index in [1.54, 1.807) is 43.3 Å². The lowest BCUT2D eigenvalue weighted by Crippen LogP contribution is -2.32. The average molecular weight is 477 g/mol. The Labute approximate surface area is 178 Å². The second-order valence-electron chi connectivity index (χ2n) is 5.95. The van der Waals surface area contributed by atoms with Crippen LogP contribution in [0.4, 0.5) is 11.4 Å². The smallest absolute Gasteiger partial charge is 0.261 e. The van der Waals surface area contributed by atoms with Crippen molar-refractivity contribution >= 4 is 56.4 Å². The van der Waals surface area contributed by atoms with Crippen LogP contribution in [0.1, 0.15) is 22.6 Å². The van der Waals surface area contributed by atoms with E-state index >= 15 is 0 Å². The number of anilines is 2. The maximum atomic E-state index is 12.2. The molecule has 0 saturated carbocycles. The molecule has 3 aromatic rings. The van der Waals surface area contributed by atoms with Gasteiger partial charge in [-0.25, -0.2) is 9.67 Å². The van der Waals surface area contributed by atoms with Crippen molar-refractivity contribution in [1.29, 1.82) is 0 Å². The van der Waals surface area contributed by atoms with Crippen LogP contribution >= 0.6 is 27.3 Å². The van der Waals surface area contributed by atoms with Crippen molar-refractivity contribution in [3.05, 3.63) is 57.7 Å². The van der Waals surface area contributed by atoms with Gasteiger partial charge in [0.05, 0.1) is 15.2 Å². The maximum Gasteiger partial charge on any atom is 0.261 e. The van der Waals surface area contributed by atoms with Crippen molar-refractivity contribution in [2.45, 2.75) is 13.0 Å².